The minimum atomic E-state index is 0.00878. The van der Waals surface area contributed by atoms with Crippen molar-refractivity contribution in [2.75, 3.05) is 11.9 Å². The zero-order chi connectivity index (χ0) is 13.0. The van der Waals surface area contributed by atoms with Gasteiger partial charge < -0.3 is 11.1 Å². The van der Waals surface area contributed by atoms with Crippen molar-refractivity contribution < 1.29 is 4.79 Å². The number of fused-ring (bicyclic) bond motifs is 1. The molecule has 1 unspecified atom stereocenters. The smallest absolute Gasteiger partial charge is 0.228 e. The molecule has 0 radical (unpaired) electrons. The number of nitrogens with zero attached hydrogens (tertiary/aromatic N) is 1. The van der Waals surface area contributed by atoms with E-state index < -0.39 is 0 Å². The van der Waals surface area contributed by atoms with E-state index in [1.54, 1.807) is 11.3 Å². The molecule has 1 aliphatic carbocycles. The van der Waals surface area contributed by atoms with E-state index in [0.717, 1.165) is 30.8 Å². The highest BCUT2D eigenvalue weighted by atomic mass is 32.1. The van der Waals surface area contributed by atoms with E-state index in [1.165, 1.54) is 23.4 Å². The van der Waals surface area contributed by atoms with E-state index in [2.05, 4.69) is 10.3 Å². The highest BCUT2D eigenvalue weighted by Crippen LogP contribution is 2.29. The maximum atomic E-state index is 11.9. The van der Waals surface area contributed by atoms with E-state index in [9.17, 15) is 4.79 Å². The van der Waals surface area contributed by atoms with Crippen molar-refractivity contribution >= 4 is 22.4 Å². The van der Waals surface area contributed by atoms with Gasteiger partial charge in [-0.25, -0.2) is 4.98 Å². The quantitative estimate of drug-likeness (QED) is 0.860. The lowest BCUT2D eigenvalue weighted by Gasteiger charge is -2.09. The van der Waals surface area contributed by atoms with Crippen LogP contribution in [0.1, 0.15) is 43.2 Å². The number of aromatic nitrogens is 1. The first-order valence-electron chi connectivity index (χ1n) is 6.70. The summed E-state index contributed by atoms with van der Waals surface area (Å²) < 4.78 is 0. The van der Waals surface area contributed by atoms with Gasteiger partial charge in [0, 0.05) is 10.8 Å². The summed E-state index contributed by atoms with van der Waals surface area (Å²) in [6, 6.07) is 0. The molecule has 100 valence electrons. The molecule has 18 heavy (non-hydrogen) atoms. The Morgan fingerprint density at radius 1 is 1.50 bits per heavy atom. The molecule has 0 aromatic carbocycles. The van der Waals surface area contributed by atoms with Gasteiger partial charge in [-0.1, -0.05) is 6.92 Å². The SMILES string of the molecule is CC(CCCN)C(=O)Nc1nc2c(s1)CCCC2. The maximum absolute atomic E-state index is 11.9. The molecule has 2 rings (SSSR count). The van der Waals surface area contributed by atoms with Crippen LogP contribution in [0.5, 0.6) is 0 Å². The molecule has 0 saturated carbocycles. The van der Waals surface area contributed by atoms with Gasteiger partial charge in [0.15, 0.2) is 5.13 Å². The summed E-state index contributed by atoms with van der Waals surface area (Å²) in [6.07, 6.45) is 6.37. The van der Waals surface area contributed by atoms with Gasteiger partial charge in [-0.15, -0.1) is 11.3 Å². The number of rotatable bonds is 5. The lowest BCUT2D eigenvalue weighted by molar-refractivity contribution is -0.119. The Bertz CT molecular complexity index is 393. The summed E-state index contributed by atoms with van der Waals surface area (Å²) in [5, 5.41) is 3.71. The second-order valence-electron chi connectivity index (χ2n) is 4.92. The molecular formula is C13H21N3OS. The predicted octanol–water partition coefficient (Wildman–Crippen LogP) is 2.34. The molecule has 1 heterocycles. The van der Waals surface area contributed by atoms with Crippen molar-refractivity contribution in [3.05, 3.63) is 10.6 Å². The average Bonchev–Trinajstić information content (AvgIpc) is 2.77. The molecule has 1 aliphatic rings. The first-order valence-corrected chi connectivity index (χ1v) is 7.52. The number of hydrogen-bond donors (Lipinski definition) is 2. The van der Waals surface area contributed by atoms with Gasteiger partial charge in [-0.2, -0.15) is 0 Å². The van der Waals surface area contributed by atoms with E-state index in [-0.39, 0.29) is 11.8 Å². The molecule has 1 atom stereocenters. The summed E-state index contributed by atoms with van der Waals surface area (Å²) in [5.74, 6) is 0.0732. The number of anilines is 1. The van der Waals surface area contributed by atoms with Crippen LogP contribution in [0.4, 0.5) is 5.13 Å². The average molecular weight is 267 g/mol. The molecule has 0 aliphatic heterocycles. The number of amides is 1. The van der Waals surface area contributed by atoms with Gasteiger partial charge in [-0.05, 0) is 45.1 Å². The van der Waals surface area contributed by atoms with Gasteiger partial charge in [0.05, 0.1) is 5.69 Å². The Hall–Kier alpha value is -0.940. The van der Waals surface area contributed by atoms with Crippen LogP contribution >= 0.6 is 11.3 Å². The molecule has 1 aromatic rings. The van der Waals surface area contributed by atoms with Crippen molar-refractivity contribution in [1.29, 1.82) is 0 Å². The molecule has 0 saturated heterocycles. The second-order valence-corrected chi connectivity index (χ2v) is 6.00. The van der Waals surface area contributed by atoms with Gasteiger partial charge in [0.25, 0.3) is 0 Å². The van der Waals surface area contributed by atoms with E-state index in [0.29, 0.717) is 6.54 Å². The van der Waals surface area contributed by atoms with Gasteiger partial charge in [0.2, 0.25) is 5.91 Å². The fraction of sp³-hybridized carbons (Fsp3) is 0.692. The molecule has 5 heteroatoms. The molecule has 4 nitrogen and oxygen atoms in total. The highest BCUT2D eigenvalue weighted by Gasteiger charge is 2.18. The van der Waals surface area contributed by atoms with E-state index in [1.807, 2.05) is 6.92 Å². The topological polar surface area (TPSA) is 68.0 Å². The summed E-state index contributed by atoms with van der Waals surface area (Å²) in [6.45, 7) is 2.58. The Kier molecular flexibility index (Phi) is 4.72. The van der Waals surface area contributed by atoms with Gasteiger partial charge >= 0.3 is 0 Å². The maximum Gasteiger partial charge on any atom is 0.228 e. The van der Waals surface area contributed by atoms with Crippen molar-refractivity contribution in [1.82, 2.24) is 4.98 Å². The summed E-state index contributed by atoms with van der Waals surface area (Å²) in [4.78, 5) is 17.8. The molecule has 0 fully saturated rings. The fourth-order valence-electron chi connectivity index (χ4n) is 2.19. The van der Waals surface area contributed by atoms with Crippen LogP contribution in [-0.4, -0.2) is 17.4 Å². The zero-order valence-corrected chi connectivity index (χ0v) is 11.7. The van der Waals surface area contributed by atoms with Crippen LogP contribution in [0, 0.1) is 5.92 Å². The summed E-state index contributed by atoms with van der Waals surface area (Å²) >= 11 is 1.64. The second kappa shape index (κ2) is 6.29. The highest BCUT2D eigenvalue weighted by molar-refractivity contribution is 7.15. The first kappa shape index (κ1) is 13.5. The number of thiazole rings is 1. The van der Waals surface area contributed by atoms with E-state index >= 15 is 0 Å². The molecule has 1 amide bonds. The number of carbonyl (C=O) groups excluding carboxylic acids is 1. The number of carbonyl (C=O) groups is 1. The van der Waals surface area contributed by atoms with Gasteiger partial charge in [-0.3, -0.25) is 4.79 Å². The Labute approximate surface area is 112 Å². The molecule has 3 N–H and O–H groups in total. The van der Waals surface area contributed by atoms with Crippen LogP contribution in [0.15, 0.2) is 0 Å². The van der Waals surface area contributed by atoms with Crippen LogP contribution in [-0.2, 0) is 17.6 Å². The lowest BCUT2D eigenvalue weighted by Crippen LogP contribution is -2.21. The van der Waals surface area contributed by atoms with Crippen molar-refractivity contribution in [3.8, 4) is 0 Å². The van der Waals surface area contributed by atoms with Gasteiger partial charge in [0.1, 0.15) is 0 Å². The monoisotopic (exact) mass is 267 g/mol. The van der Waals surface area contributed by atoms with Crippen LogP contribution < -0.4 is 11.1 Å². The normalized spacial score (nSPS) is 16.1. The number of nitrogens with two attached hydrogens (primary N) is 1. The third-order valence-corrected chi connectivity index (χ3v) is 4.44. The molecule has 0 spiro atoms. The molecular weight excluding hydrogens is 246 g/mol. The summed E-state index contributed by atoms with van der Waals surface area (Å²) in [7, 11) is 0. The minimum absolute atomic E-state index is 0.00878. The number of nitrogens with one attached hydrogen (secondary N) is 1. The largest absolute Gasteiger partial charge is 0.330 e. The Morgan fingerprint density at radius 3 is 3.00 bits per heavy atom. The lowest BCUT2D eigenvalue weighted by atomic mass is 10.0. The molecule has 1 aromatic heterocycles. The fourth-order valence-corrected chi connectivity index (χ4v) is 3.24. The van der Waals surface area contributed by atoms with Crippen molar-refractivity contribution in [3.63, 3.8) is 0 Å². The van der Waals surface area contributed by atoms with Crippen LogP contribution in [0.2, 0.25) is 0 Å². The van der Waals surface area contributed by atoms with Crippen molar-refractivity contribution in [2.24, 2.45) is 11.7 Å². The third kappa shape index (κ3) is 3.29. The van der Waals surface area contributed by atoms with Crippen LogP contribution in [0.3, 0.4) is 0 Å². The van der Waals surface area contributed by atoms with Crippen LogP contribution in [0.25, 0.3) is 0 Å². The third-order valence-electron chi connectivity index (χ3n) is 3.36. The number of aryl methyl sites for hydroxylation is 2. The number of hydrogen-bond acceptors (Lipinski definition) is 4. The zero-order valence-electron chi connectivity index (χ0n) is 10.9. The minimum Gasteiger partial charge on any atom is -0.330 e. The summed E-state index contributed by atoms with van der Waals surface area (Å²) in [5.41, 5.74) is 6.64. The Morgan fingerprint density at radius 2 is 2.28 bits per heavy atom. The molecule has 0 bridgehead atoms. The van der Waals surface area contributed by atoms with E-state index in [4.69, 9.17) is 5.73 Å². The Balaban J connectivity index is 1.92. The van der Waals surface area contributed by atoms with Crippen molar-refractivity contribution in [2.45, 2.75) is 45.4 Å². The first-order chi connectivity index (χ1) is 8.70. The standard InChI is InChI=1S/C13H21N3OS/c1-9(5-4-8-14)12(17)16-13-15-10-6-2-3-7-11(10)18-13/h9H,2-8,14H2,1H3,(H,15,16,17). The predicted molar refractivity (Wildman–Crippen MR) is 74.8 cm³/mol.